The van der Waals surface area contributed by atoms with Crippen molar-refractivity contribution in [3.63, 3.8) is 0 Å². The van der Waals surface area contributed by atoms with Gasteiger partial charge in [-0.15, -0.1) is 0 Å². The molecule has 3 aliphatic rings. The zero-order chi connectivity index (χ0) is 14.5. The van der Waals surface area contributed by atoms with Crippen molar-refractivity contribution in [2.24, 2.45) is 5.41 Å². The predicted molar refractivity (Wildman–Crippen MR) is 81.3 cm³/mol. The van der Waals surface area contributed by atoms with E-state index in [9.17, 15) is 4.79 Å². The summed E-state index contributed by atoms with van der Waals surface area (Å²) in [6.45, 7) is 11.5. The number of aryl methyl sites for hydroxylation is 1. The average molecular weight is 266 g/mol. The minimum Gasteiger partial charge on any atom is -0.298 e. The lowest BCUT2D eigenvalue weighted by Crippen LogP contribution is -2.28. The normalized spacial score (nSPS) is 30.9. The fourth-order valence-electron chi connectivity index (χ4n) is 4.70. The van der Waals surface area contributed by atoms with Crippen LogP contribution < -0.4 is 0 Å². The van der Waals surface area contributed by atoms with E-state index in [1.54, 1.807) is 11.1 Å². The van der Waals surface area contributed by atoms with Crippen LogP contribution in [0.4, 0.5) is 0 Å². The molecule has 1 aromatic rings. The van der Waals surface area contributed by atoms with Crippen molar-refractivity contribution in [1.29, 1.82) is 0 Å². The van der Waals surface area contributed by atoms with Crippen molar-refractivity contribution in [2.45, 2.75) is 58.3 Å². The molecule has 0 heterocycles. The van der Waals surface area contributed by atoms with Crippen molar-refractivity contribution in [3.05, 3.63) is 45.5 Å². The second kappa shape index (κ2) is 3.10. The van der Waals surface area contributed by atoms with Gasteiger partial charge in [0.2, 0.25) is 0 Å². The van der Waals surface area contributed by atoms with Gasteiger partial charge in [0.1, 0.15) is 6.29 Å². The first-order valence-corrected chi connectivity index (χ1v) is 7.59. The number of hydrogen-bond acceptors (Lipinski definition) is 1. The molecule has 1 atom stereocenters. The molecule has 0 aromatic heterocycles. The van der Waals surface area contributed by atoms with Gasteiger partial charge in [-0.25, -0.2) is 0 Å². The molecule has 1 heteroatoms. The van der Waals surface area contributed by atoms with E-state index in [-0.39, 0.29) is 10.8 Å². The highest BCUT2D eigenvalue weighted by Crippen LogP contribution is 2.84. The third-order valence-electron chi connectivity index (χ3n) is 6.27. The van der Waals surface area contributed by atoms with Crippen LogP contribution in [0.3, 0.4) is 0 Å². The van der Waals surface area contributed by atoms with E-state index < -0.39 is 0 Å². The third-order valence-corrected chi connectivity index (χ3v) is 6.27. The number of fused-ring (bicyclic) bond motifs is 1. The van der Waals surface area contributed by atoms with E-state index in [0.29, 0.717) is 5.41 Å². The van der Waals surface area contributed by atoms with Gasteiger partial charge in [0.05, 0.1) is 0 Å². The Morgan fingerprint density at radius 3 is 2.25 bits per heavy atom. The molecule has 1 nitrogen and oxygen atoms in total. The van der Waals surface area contributed by atoms with E-state index in [2.05, 4.69) is 46.8 Å². The van der Waals surface area contributed by atoms with Gasteiger partial charge in [0.25, 0.3) is 0 Å². The molecule has 0 amide bonds. The number of hydrogen-bond donors (Lipinski definition) is 0. The van der Waals surface area contributed by atoms with Crippen LogP contribution in [0.15, 0.2) is 23.3 Å². The quantitative estimate of drug-likeness (QED) is 0.541. The summed E-state index contributed by atoms with van der Waals surface area (Å²) in [7, 11) is 0. The summed E-state index contributed by atoms with van der Waals surface area (Å²) in [4.78, 5) is 11.3. The van der Waals surface area contributed by atoms with E-state index in [0.717, 1.165) is 17.4 Å². The third kappa shape index (κ3) is 1.14. The number of benzene rings is 1. The Hall–Kier alpha value is -1.37. The van der Waals surface area contributed by atoms with Gasteiger partial charge in [-0.1, -0.05) is 44.9 Å². The smallest absolute Gasteiger partial charge is 0.150 e. The number of carbonyl (C=O) groups excluding carboxylic acids is 1. The molecule has 0 radical (unpaired) electrons. The monoisotopic (exact) mass is 266 g/mol. The lowest BCUT2D eigenvalue weighted by Gasteiger charge is -2.33. The van der Waals surface area contributed by atoms with E-state index >= 15 is 0 Å². The van der Waals surface area contributed by atoms with Crippen LogP contribution in [0.2, 0.25) is 0 Å². The summed E-state index contributed by atoms with van der Waals surface area (Å²) >= 11 is 0. The summed E-state index contributed by atoms with van der Waals surface area (Å²) < 4.78 is 0. The molecule has 1 saturated carbocycles. The van der Waals surface area contributed by atoms with Crippen LogP contribution in [0.25, 0.3) is 0 Å². The lowest BCUT2D eigenvalue weighted by atomic mass is 9.70. The zero-order valence-electron chi connectivity index (χ0n) is 13.1. The highest BCUT2D eigenvalue weighted by atomic mass is 16.1. The molecule has 1 fully saturated rings. The lowest BCUT2D eigenvalue weighted by molar-refractivity contribution is 0.112. The number of carbonyl (C=O) groups is 1. The second-order valence-corrected chi connectivity index (χ2v) is 8.10. The molecule has 0 saturated heterocycles. The fraction of sp³-hybridized carbons (Fsp3) is 0.526. The first kappa shape index (κ1) is 12.4. The molecule has 0 unspecified atom stereocenters. The van der Waals surface area contributed by atoms with Crippen LogP contribution in [-0.2, 0) is 10.8 Å². The molecule has 4 rings (SSSR count). The molecule has 104 valence electrons. The summed E-state index contributed by atoms with van der Waals surface area (Å²) in [5, 5.41) is 0. The molecular formula is C19H22O. The Kier molecular flexibility index (Phi) is 1.92. The minimum absolute atomic E-state index is 0.145. The standard InChI is InChI=1S/C19H22O/c1-11-6-13-14(7-12(11)10-20)18(4,5)19-9-16(19)15(19)8-17(13,2)3/h6-7,10H,8-9H2,1-5H3/t19-/m1/s1. The summed E-state index contributed by atoms with van der Waals surface area (Å²) in [6, 6.07) is 4.44. The molecule has 0 N–H and O–H groups in total. The summed E-state index contributed by atoms with van der Waals surface area (Å²) in [5.74, 6) is 0. The molecule has 1 aromatic carbocycles. The van der Waals surface area contributed by atoms with Crippen LogP contribution in [0.5, 0.6) is 0 Å². The van der Waals surface area contributed by atoms with Crippen molar-refractivity contribution >= 4 is 6.29 Å². The highest BCUT2D eigenvalue weighted by Gasteiger charge is 2.75. The Morgan fingerprint density at radius 1 is 1.00 bits per heavy atom. The summed E-state index contributed by atoms with van der Waals surface area (Å²) in [6.07, 6.45) is 3.49. The Labute approximate surface area is 121 Å². The largest absolute Gasteiger partial charge is 0.298 e. The van der Waals surface area contributed by atoms with Gasteiger partial charge in [0.15, 0.2) is 0 Å². The maximum atomic E-state index is 11.3. The molecule has 0 bridgehead atoms. The molecule has 3 aliphatic carbocycles. The second-order valence-electron chi connectivity index (χ2n) is 8.10. The molecule has 1 spiro atoms. The summed E-state index contributed by atoms with van der Waals surface area (Å²) in [5.41, 5.74) is 8.97. The first-order chi connectivity index (χ1) is 9.25. The van der Waals surface area contributed by atoms with E-state index in [1.165, 1.54) is 24.0 Å². The van der Waals surface area contributed by atoms with Crippen LogP contribution in [-0.4, -0.2) is 6.29 Å². The Bertz CT molecular complexity index is 703. The van der Waals surface area contributed by atoms with E-state index in [1.807, 2.05) is 0 Å². The SMILES string of the molecule is Cc1cc2c(cc1C=O)C(C)(C)[C@@]13CC1=C3CC2(C)C. The van der Waals surface area contributed by atoms with Gasteiger partial charge in [-0.2, -0.15) is 0 Å². The Balaban J connectivity index is 2.02. The van der Waals surface area contributed by atoms with Crippen molar-refractivity contribution in [3.8, 4) is 0 Å². The van der Waals surface area contributed by atoms with Crippen LogP contribution in [0, 0.1) is 12.3 Å². The van der Waals surface area contributed by atoms with Crippen LogP contribution in [0.1, 0.15) is 67.6 Å². The van der Waals surface area contributed by atoms with Gasteiger partial charge in [-0.05, 0) is 47.9 Å². The van der Waals surface area contributed by atoms with Crippen LogP contribution >= 0.6 is 0 Å². The van der Waals surface area contributed by atoms with Gasteiger partial charge in [-0.3, -0.25) is 4.79 Å². The minimum atomic E-state index is 0.145. The van der Waals surface area contributed by atoms with Gasteiger partial charge >= 0.3 is 0 Å². The fourth-order valence-corrected chi connectivity index (χ4v) is 4.70. The first-order valence-electron chi connectivity index (χ1n) is 7.59. The van der Waals surface area contributed by atoms with Crippen molar-refractivity contribution < 1.29 is 4.79 Å². The highest BCUT2D eigenvalue weighted by molar-refractivity contribution is 5.80. The zero-order valence-corrected chi connectivity index (χ0v) is 13.1. The number of rotatable bonds is 1. The van der Waals surface area contributed by atoms with Gasteiger partial charge in [0, 0.05) is 16.4 Å². The average Bonchev–Trinajstić information content (AvgIpc) is 3.23. The maximum absolute atomic E-state index is 11.3. The number of allylic oxidation sites excluding steroid dienone is 2. The topological polar surface area (TPSA) is 17.1 Å². The van der Waals surface area contributed by atoms with Crippen molar-refractivity contribution in [1.82, 2.24) is 0 Å². The maximum Gasteiger partial charge on any atom is 0.150 e. The van der Waals surface area contributed by atoms with E-state index in [4.69, 9.17) is 0 Å². The van der Waals surface area contributed by atoms with Gasteiger partial charge < -0.3 is 0 Å². The molecule has 20 heavy (non-hydrogen) atoms. The molecule has 0 aliphatic heterocycles. The molecular weight excluding hydrogens is 244 g/mol. The predicted octanol–water partition coefficient (Wildman–Crippen LogP) is 4.47. The Morgan fingerprint density at radius 2 is 1.65 bits per heavy atom. The van der Waals surface area contributed by atoms with Crippen molar-refractivity contribution in [2.75, 3.05) is 0 Å². The number of aldehydes is 1.